The van der Waals surface area contributed by atoms with Gasteiger partial charge in [-0.3, -0.25) is 4.90 Å². The normalized spacial score (nSPS) is 18.2. The van der Waals surface area contributed by atoms with Crippen molar-refractivity contribution in [3.05, 3.63) is 15.6 Å². The zero-order valence-electron chi connectivity index (χ0n) is 11.0. The molecule has 3 nitrogen and oxygen atoms in total. The lowest BCUT2D eigenvalue weighted by Crippen LogP contribution is -2.35. The lowest BCUT2D eigenvalue weighted by molar-refractivity contribution is -0.137. The third kappa shape index (κ3) is 3.67. The maximum atomic E-state index is 12.7. The third-order valence-corrected chi connectivity index (χ3v) is 4.09. The van der Waals surface area contributed by atoms with Crippen molar-refractivity contribution in [3.8, 4) is 0 Å². The Labute approximate surface area is 114 Å². The Morgan fingerprint density at radius 3 is 2.47 bits per heavy atom. The highest BCUT2D eigenvalue weighted by atomic mass is 32.1. The monoisotopic (exact) mass is 294 g/mol. The maximum Gasteiger partial charge on any atom is 0.443 e. The van der Waals surface area contributed by atoms with Crippen LogP contribution in [0.15, 0.2) is 0 Å². The Morgan fingerprint density at radius 1 is 1.32 bits per heavy atom. The SMILES string of the molecule is CC(C)c1nc(C(F)(F)F)sc1CN1CCOCC1. The predicted octanol–water partition coefficient (Wildman–Crippen LogP) is 3.12. The first-order valence-corrected chi connectivity index (χ1v) is 7.06. The van der Waals surface area contributed by atoms with Gasteiger partial charge in [0.2, 0.25) is 0 Å². The summed E-state index contributed by atoms with van der Waals surface area (Å²) in [6, 6.07) is 0. The number of nitrogens with zero attached hydrogens (tertiary/aromatic N) is 2. The van der Waals surface area contributed by atoms with E-state index in [4.69, 9.17) is 4.74 Å². The van der Waals surface area contributed by atoms with Gasteiger partial charge in [-0.1, -0.05) is 13.8 Å². The molecule has 0 aliphatic carbocycles. The van der Waals surface area contributed by atoms with Crippen LogP contribution in [0.3, 0.4) is 0 Å². The zero-order valence-corrected chi connectivity index (χ0v) is 11.8. The summed E-state index contributed by atoms with van der Waals surface area (Å²) in [5.41, 5.74) is 0.573. The lowest BCUT2D eigenvalue weighted by atomic mass is 10.1. The predicted molar refractivity (Wildman–Crippen MR) is 67.3 cm³/mol. The summed E-state index contributed by atoms with van der Waals surface area (Å²) in [4.78, 5) is 6.62. The smallest absolute Gasteiger partial charge is 0.379 e. The number of ether oxygens (including phenoxy) is 1. The molecule has 0 radical (unpaired) electrons. The minimum Gasteiger partial charge on any atom is -0.379 e. The van der Waals surface area contributed by atoms with Crippen LogP contribution in [0.25, 0.3) is 0 Å². The van der Waals surface area contributed by atoms with Crippen molar-refractivity contribution in [2.24, 2.45) is 0 Å². The molecule has 7 heteroatoms. The third-order valence-electron chi connectivity index (χ3n) is 2.99. The molecule has 0 atom stereocenters. The van der Waals surface area contributed by atoms with Gasteiger partial charge in [-0.15, -0.1) is 11.3 Å². The first kappa shape index (κ1) is 14.7. The molecule has 1 aliphatic rings. The summed E-state index contributed by atoms with van der Waals surface area (Å²) in [6.07, 6.45) is -4.35. The van der Waals surface area contributed by atoms with Crippen LogP contribution in [0.1, 0.15) is 35.3 Å². The van der Waals surface area contributed by atoms with Crippen LogP contribution in [0, 0.1) is 0 Å². The molecule has 1 aliphatic heterocycles. The molecule has 0 N–H and O–H groups in total. The van der Waals surface area contributed by atoms with Gasteiger partial charge in [0.05, 0.1) is 18.9 Å². The van der Waals surface area contributed by atoms with Crippen molar-refractivity contribution in [2.45, 2.75) is 32.5 Å². The van der Waals surface area contributed by atoms with Crippen LogP contribution in [-0.4, -0.2) is 36.2 Å². The fourth-order valence-electron chi connectivity index (χ4n) is 2.01. The molecule has 1 fully saturated rings. The number of hydrogen-bond acceptors (Lipinski definition) is 4. The summed E-state index contributed by atoms with van der Waals surface area (Å²) in [6.45, 7) is 7.08. The molecule has 0 saturated carbocycles. The number of thiazole rings is 1. The Kier molecular flexibility index (Phi) is 4.47. The molecule has 0 aromatic carbocycles. The zero-order chi connectivity index (χ0) is 14.0. The molecular weight excluding hydrogens is 277 g/mol. The van der Waals surface area contributed by atoms with E-state index in [0.717, 1.165) is 29.3 Å². The standard InChI is InChI=1S/C12H17F3N2OS/c1-8(2)10-9(7-17-3-5-18-6-4-17)19-11(16-10)12(13,14)15/h8H,3-7H2,1-2H3. The first-order chi connectivity index (χ1) is 8.88. The second-order valence-corrected chi connectivity index (χ2v) is 5.95. The summed E-state index contributed by atoms with van der Waals surface area (Å²) in [5.74, 6) is 0.00314. The van der Waals surface area contributed by atoms with Gasteiger partial charge in [-0.25, -0.2) is 4.98 Å². The van der Waals surface area contributed by atoms with Gasteiger partial charge < -0.3 is 4.74 Å². The average molecular weight is 294 g/mol. The lowest BCUT2D eigenvalue weighted by Gasteiger charge is -2.26. The van der Waals surface area contributed by atoms with E-state index in [1.165, 1.54) is 0 Å². The number of hydrogen-bond donors (Lipinski definition) is 0. The largest absolute Gasteiger partial charge is 0.443 e. The highest BCUT2D eigenvalue weighted by Crippen LogP contribution is 2.36. The first-order valence-electron chi connectivity index (χ1n) is 6.25. The highest BCUT2D eigenvalue weighted by molar-refractivity contribution is 7.11. The van der Waals surface area contributed by atoms with Crippen molar-refractivity contribution in [3.63, 3.8) is 0 Å². The van der Waals surface area contributed by atoms with E-state index in [-0.39, 0.29) is 5.92 Å². The molecule has 2 rings (SSSR count). The molecule has 108 valence electrons. The molecule has 0 bridgehead atoms. The van der Waals surface area contributed by atoms with Crippen molar-refractivity contribution in [1.29, 1.82) is 0 Å². The van der Waals surface area contributed by atoms with E-state index in [9.17, 15) is 13.2 Å². The molecule has 1 aromatic heterocycles. The minimum atomic E-state index is -4.35. The fourth-order valence-corrected chi connectivity index (χ4v) is 3.14. The maximum absolute atomic E-state index is 12.7. The van der Waals surface area contributed by atoms with Gasteiger partial charge in [0.1, 0.15) is 0 Å². The van der Waals surface area contributed by atoms with Crippen molar-refractivity contribution in [2.75, 3.05) is 26.3 Å². The van der Waals surface area contributed by atoms with Crippen LogP contribution in [0.4, 0.5) is 13.2 Å². The summed E-state index contributed by atoms with van der Waals surface area (Å²) in [5, 5.41) is -0.737. The van der Waals surface area contributed by atoms with E-state index >= 15 is 0 Å². The molecule has 2 heterocycles. The molecule has 19 heavy (non-hydrogen) atoms. The van der Waals surface area contributed by atoms with Crippen LogP contribution < -0.4 is 0 Å². The number of rotatable bonds is 3. The summed E-state index contributed by atoms with van der Waals surface area (Å²) in [7, 11) is 0. The molecule has 0 amide bonds. The van der Waals surface area contributed by atoms with Crippen LogP contribution in [0.2, 0.25) is 0 Å². The summed E-state index contributed by atoms with van der Waals surface area (Å²) >= 11 is 0.770. The van der Waals surface area contributed by atoms with E-state index in [2.05, 4.69) is 9.88 Å². The van der Waals surface area contributed by atoms with Gasteiger partial charge in [0.15, 0.2) is 5.01 Å². The van der Waals surface area contributed by atoms with E-state index in [1.807, 2.05) is 13.8 Å². The molecule has 1 aromatic rings. The van der Waals surface area contributed by atoms with E-state index in [0.29, 0.717) is 25.5 Å². The van der Waals surface area contributed by atoms with Crippen LogP contribution in [0.5, 0.6) is 0 Å². The van der Waals surface area contributed by atoms with Crippen molar-refractivity contribution >= 4 is 11.3 Å². The number of morpholine rings is 1. The highest BCUT2D eigenvalue weighted by Gasteiger charge is 2.36. The number of halogens is 3. The average Bonchev–Trinajstić information content (AvgIpc) is 2.74. The second-order valence-electron chi connectivity index (χ2n) is 4.87. The molecule has 0 spiro atoms. The van der Waals surface area contributed by atoms with E-state index in [1.54, 1.807) is 0 Å². The van der Waals surface area contributed by atoms with Crippen molar-refractivity contribution in [1.82, 2.24) is 9.88 Å². The quantitative estimate of drug-likeness (QED) is 0.856. The Bertz CT molecular complexity index is 425. The second kappa shape index (κ2) is 5.76. The minimum absolute atomic E-state index is 0.00314. The van der Waals surface area contributed by atoms with Gasteiger partial charge in [-0.05, 0) is 5.92 Å². The Hall–Kier alpha value is -0.660. The van der Waals surface area contributed by atoms with Gasteiger partial charge >= 0.3 is 6.18 Å². The van der Waals surface area contributed by atoms with Gasteiger partial charge in [0.25, 0.3) is 0 Å². The van der Waals surface area contributed by atoms with Crippen molar-refractivity contribution < 1.29 is 17.9 Å². The van der Waals surface area contributed by atoms with Crippen LogP contribution in [-0.2, 0) is 17.5 Å². The van der Waals surface area contributed by atoms with Gasteiger partial charge in [0, 0.05) is 24.5 Å². The number of aromatic nitrogens is 1. The Morgan fingerprint density at radius 2 is 1.95 bits per heavy atom. The molecular formula is C12H17F3N2OS. The molecule has 1 saturated heterocycles. The summed E-state index contributed by atoms with van der Waals surface area (Å²) < 4.78 is 43.5. The fraction of sp³-hybridized carbons (Fsp3) is 0.750. The van der Waals surface area contributed by atoms with E-state index < -0.39 is 11.2 Å². The number of alkyl halides is 3. The Balaban J connectivity index is 2.19. The van der Waals surface area contributed by atoms with Crippen LogP contribution >= 0.6 is 11.3 Å². The topological polar surface area (TPSA) is 25.4 Å². The van der Waals surface area contributed by atoms with Gasteiger partial charge in [-0.2, -0.15) is 13.2 Å². The molecule has 0 unspecified atom stereocenters.